The molecule has 36 heavy (non-hydrogen) atoms. The molecule has 5 unspecified atom stereocenters. The molecule has 0 aliphatic rings. The summed E-state index contributed by atoms with van der Waals surface area (Å²) in [6.45, 7) is 3.84. The predicted molar refractivity (Wildman–Crippen MR) is 138 cm³/mol. The highest BCUT2D eigenvalue weighted by Gasteiger charge is 2.31. The van der Waals surface area contributed by atoms with E-state index < -0.39 is 60.2 Å². The van der Waals surface area contributed by atoms with E-state index in [1.165, 1.54) is 11.8 Å². The van der Waals surface area contributed by atoms with Crippen molar-refractivity contribution in [2.75, 3.05) is 18.6 Å². The quantitative estimate of drug-likeness (QED) is 0.0526. The third kappa shape index (κ3) is 13.1. The molecule has 0 saturated heterocycles. The summed E-state index contributed by atoms with van der Waals surface area (Å²) in [5.41, 5.74) is 21.7. The first kappa shape index (κ1) is 32.9. The summed E-state index contributed by atoms with van der Waals surface area (Å²) in [4.78, 5) is 65.2. The van der Waals surface area contributed by atoms with Gasteiger partial charge in [-0.15, -0.1) is 0 Å². The SMILES string of the molecule is CCC(C)C(N)C(=O)NC(CCSC)C(=O)NC(CC(N)=O)C(=O)NC(CCCN=C(N)N)C(=O)O. The van der Waals surface area contributed by atoms with E-state index in [1.807, 2.05) is 20.1 Å². The average Bonchev–Trinajstić information content (AvgIpc) is 2.80. The number of rotatable bonds is 18. The maximum absolute atomic E-state index is 13.0. The summed E-state index contributed by atoms with van der Waals surface area (Å²) in [6.07, 6.45) is 2.39. The molecule has 0 rings (SSSR count). The van der Waals surface area contributed by atoms with E-state index in [0.29, 0.717) is 12.2 Å². The third-order valence-electron chi connectivity index (χ3n) is 5.40. The fraction of sp³-hybridized carbons (Fsp3) is 0.714. The lowest BCUT2D eigenvalue weighted by molar-refractivity contribution is -0.142. The lowest BCUT2D eigenvalue weighted by Gasteiger charge is -2.25. The minimum atomic E-state index is -1.45. The number of carbonyl (C=O) groups excluding carboxylic acids is 4. The number of nitrogens with one attached hydrogen (secondary N) is 3. The number of carboxylic acid groups (broad SMARTS) is 1. The number of carboxylic acids is 1. The van der Waals surface area contributed by atoms with Crippen LogP contribution in [0.15, 0.2) is 4.99 Å². The van der Waals surface area contributed by atoms with Crippen molar-refractivity contribution in [2.45, 2.75) is 70.1 Å². The van der Waals surface area contributed by atoms with Crippen molar-refractivity contribution >= 4 is 47.3 Å². The fourth-order valence-corrected chi connectivity index (χ4v) is 3.47. The second kappa shape index (κ2) is 17.4. The van der Waals surface area contributed by atoms with E-state index in [0.717, 1.165) is 0 Å². The molecule has 0 heterocycles. The van der Waals surface area contributed by atoms with Crippen molar-refractivity contribution in [1.29, 1.82) is 0 Å². The molecule has 0 aliphatic carbocycles. The molecular formula is C21H40N8O6S. The molecule has 0 fully saturated rings. The maximum atomic E-state index is 13.0. The highest BCUT2D eigenvalue weighted by atomic mass is 32.2. The molecule has 12 N–H and O–H groups in total. The van der Waals surface area contributed by atoms with Crippen LogP contribution in [0.1, 0.15) is 46.0 Å². The van der Waals surface area contributed by atoms with Gasteiger partial charge in [0.15, 0.2) is 5.96 Å². The number of aliphatic imine (C=N–C) groups is 1. The number of hydrogen-bond donors (Lipinski definition) is 8. The topological polar surface area (TPSA) is 258 Å². The van der Waals surface area contributed by atoms with Gasteiger partial charge < -0.3 is 44.0 Å². The van der Waals surface area contributed by atoms with E-state index >= 15 is 0 Å². The summed E-state index contributed by atoms with van der Waals surface area (Å²) in [5, 5.41) is 16.7. The number of hydrogen-bond acceptors (Lipinski definition) is 8. The van der Waals surface area contributed by atoms with Crippen molar-refractivity contribution in [3.8, 4) is 0 Å². The van der Waals surface area contributed by atoms with Crippen LogP contribution in [0.5, 0.6) is 0 Å². The first-order valence-electron chi connectivity index (χ1n) is 11.6. The Morgan fingerprint density at radius 1 is 0.917 bits per heavy atom. The summed E-state index contributed by atoms with van der Waals surface area (Å²) >= 11 is 1.45. The molecule has 0 aromatic rings. The molecule has 0 bridgehead atoms. The number of carbonyl (C=O) groups is 5. The summed E-state index contributed by atoms with van der Waals surface area (Å²) < 4.78 is 0. The van der Waals surface area contributed by atoms with Gasteiger partial charge in [-0.05, 0) is 37.2 Å². The first-order chi connectivity index (χ1) is 16.8. The van der Waals surface area contributed by atoms with Gasteiger partial charge in [0.1, 0.15) is 18.1 Å². The highest BCUT2D eigenvalue weighted by Crippen LogP contribution is 2.08. The van der Waals surface area contributed by atoms with E-state index in [-0.39, 0.29) is 37.7 Å². The first-order valence-corrected chi connectivity index (χ1v) is 12.9. The molecule has 0 aromatic heterocycles. The lowest BCUT2D eigenvalue weighted by Crippen LogP contribution is -2.58. The minimum Gasteiger partial charge on any atom is -0.480 e. The van der Waals surface area contributed by atoms with Crippen molar-refractivity contribution < 1.29 is 29.1 Å². The van der Waals surface area contributed by atoms with Crippen molar-refractivity contribution in [1.82, 2.24) is 16.0 Å². The van der Waals surface area contributed by atoms with Crippen LogP contribution in [0.25, 0.3) is 0 Å². The van der Waals surface area contributed by atoms with Crippen molar-refractivity contribution in [3.63, 3.8) is 0 Å². The number of aliphatic carboxylic acids is 1. The number of primary amides is 1. The molecule has 0 radical (unpaired) electrons. The van der Waals surface area contributed by atoms with Gasteiger partial charge >= 0.3 is 5.97 Å². The molecule has 0 aliphatic heterocycles. The van der Waals surface area contributed by atoms with E-state index in [4.69, 9.17) is 22.9 Å². The summed E-state index contributed by atoms with van der Waals surface area (Å²) in [5.74, 6) is -4.13. The number of nitrogens with zero attached hydrogens (tertiary/aromatic N) is 1. The van der Waals surface area contributed by atoms with Gasteiger partial charge in [-0.2, -0.15) is 11.8 Å². The van der Waals surface area contributed by atoms with Gasteiger partial charge in [0.2, 0.25) is 23.6 Å². The minimum absolute atomic E-state index is 0.00496. The Hall–Kier alpha value is -3.07. The van der Waals surface area contributed by atoms with Gasteiger partial charge in [0.25, 0.3) is 0 Å². The van der Waals surface area contributed by atoms with Crippen LogP contribution in [0.3, 0.4) is 0 Å². The zero-order valence-corrected chi connectivity index (χ0v) is 21.8. The summed E-state index contributed by atoms with van der Waals surface area (Å²) in [6, 6.07) is -4.64. The number of thioether (sulfide) groups is 1. The second-order valence-corrected chi connectivity index (χ2v) is 9.32. The Balaban J connectivity index is 5.48. The molecule has 0 aromatic carbocycles. The molecule has 14 nitrogen and oxygen atoms in total. The van der Waals surface area contributed by atoms with Gasteiger partial charge in [0.05, 0.1) is 12.5 Å². The normalized spacial score (nSPS) is 14.9. The van der Waals surface area contributed by atoms with E-state index in [9.17, 15) is 29.1 Å². The second-order valence-electron chi connectivity index (χ2n) is 8.33. The third-order valence-corrected chi connectivity index (χ3v) is 6.05. The monoisotopic (exact) mass is 532 g/mol. The largest absolute Gasteiger partial charge is 0.480 e. The van der Waals surface area contributed by atoms with Gasteiger partial charge in [0, 0.05) is 6.54 Å². The van der Waals surface area contributed by atoms with Crippen molar-refractivity contribution in [3.05, 3.63) is 0 Å². The molecular weight excluding hydrogens is 492 g/mol. The Labute approximate surface area is 215 Å². The Morgan fingerprint density at radius 2 is 1.47 bits per heavy atom. The van der Waals surface area contributed by atoms with Crippen LogP contribution < -0.4 is 38.9 Å². The Morgan fingerprint density at radius 3 is 1.97 bits per heavy atom. The van der Waals surface area contributed by atoms with E-state index in [1.54, 1.807) is 0 Å². The van der Waals surface area contributed by atoms with Crippen molar-refractivity contribution in [2.24, 2.45) is 33.8 Å². The smallest absolute Gasteiger partial charge is 0.326 e. The van der Waals surface area contributed by atoms with Crippen LogP contribution in [-0.2, 0) is 24.0 Å². The van der Waals surface area contributed by atoms with Crippen LogP contribution in [-0.4, -0.2) is 83.4 Å². The van der Waals surface area contributed by atoms with Crippen LogP contribution in [0.2, 0.25) is 0 Å². The zero-order valence-electron chi connectivity index (χ0n) is 21.0. The molecule has 15 heteroatoms. The average molecular weight is 533 g/mol. The van der Waals surface area contributed by atoms with E-state index in [2.05, 4.69) is 20.9 Å². The predicted octanol–water partition coefficient (Wildman–Crippen LogP) is -2.42. The number of nitrogens with two attached hydrogens (primary N) is 4. The van der Waals surface area contributed by atoms with Gasteiger partial charge in [-0.25, -0.2) is 4.79 Å². The van der Waals surface area contributed by atoms with Gasteiger partial charge in [-0.1, -0.05) is 20.3 Å². The maximum Gasteiger partial charge on any atom is 0.326 e. The standard InChI is InChI=1S/C21H40N8O6S/c1-4-11(2)16(23)19(33)27-12(7-9-36-3)17(31)29-14(10-15(22)30)18(32)28-13(20(34)35)6-5-8-26-21(24)25/h11-14,16H,4-10,23H2,1-3H3,(H2,22,30)(H,27,33)(H,28,32)(H,29,31)(H,34,35)(H4,24,25,26). The summed E-state index contributed by atoms with van der Waals surface area (Å²) in [7, 11) is 0. The Kier molecular flexibility index (Phi) is 15.9. The molecule has 5 atom stereocenters. The molecule has 0 saturated carbocycles. The van der Waals surface area contributed by atoms with Crippen LogP contribution in [0, 0.1) is 5.92 Å². The molecule has 0 spiro atoms. The highest BCUT2D eigenvalue weighted by molar-refractivity contribution is 7.98. The lowest BCUT2D eigenvalue weighted by atomic mass is 9.99. The fourth-order valence-electron chi connectivity index (χ4n) is 3.00. The van der Waals surface area contributed by atoms with Crippen LogP contribution in [0.4, 0.5) is 0 Å². The Bertz CT molecular complexity index is 792. The number of guanidine groups is 1. The van der Waals surface area contributed by atoms with Crippen LogP contribution >= 0.6 is 11.8 Å². The van der Waals surface area contributed by atoms with Gasteiger partial charge in [-0.3, -0.25) is 24.2 Å². The number of amides is 4. The zero-order chi connectivity index (χ0) is 27.8. The molecule has 206 valence electrons. The molecule has 4 amide bonds.